The molecule has 0 spiro atoms. The number of nitrogens with one attached hydrogen (secondary N) is 1. The summed E-state index contributed by atoms with van der Waals surface area (Å²) in [5.41, 5.74) is 10.2. The standard InChI is InChI=1S/C11H24N4O/c1-8(2)5-6-14-10(13)15-7-11(3,4)9(12)16/h8H,5-7H2,1-4H3,(H2,12,16)(H3,13,14,15). The summed E-state index contributed by atoms with van der Waals surface area (Å²) in [6.45, 7) is 8.89. The molecule has 0 aliphatic carbocycles. The van der Waals surface area contributed by atoms with Gasteiger partial charge in [-0.05, 0) is 26.2 Å². The van der Waals surface area contributed by atoms with Crippen LogP contribution in [-0.4, -0.2) is 25.0 Å². The molecule has 0 bridgehead atoms. The van der Waals surface area contributed by atoms with Gasteiger partial charge in [-0.1, -0.05) is 13.8 Å². The van der Waals surface area contributed by atoms with Crippen LogP contribution in [0.2, 0.25) is 0 Å². The number of hydrogen-bond acceptors (Lipinski definition) is 2. The molecule has 5 heteroatoms. The van der Waals surface area contributed by atoms with Crippen molar-refractivity contribution in [1.82, 2.24) is 5.32 Å². The summed E-state index contributed by atoms with van der Waals surface area (Å²) in [7, 11) is 0. The van der Waals surface area contributed by atoms with E-state index in [0.29, 0.717) is 18.4 Å². The van der Waals surface area contributed by atoms with Gasteiger partial charge >= 0.3 is 0 Å². The maximum Gasteiger partial charge on any atom is 0.224 e. The second kappa shape index (κ2) is 6.35. The van der Waals surface area contributed by atoms with E-state index in [0.717, 1.165) is 13.0 Å². The SMILES string of the molecule is CC(C)CCNC(N)=NCC(C)(C)C(N)=O. The third-order valence-electron chi connectivity index (χ3n) is 2.34. The van der Waals surface area contributed by atoms with Gasteiger partial charge in [-0.15, -0.1) is 0 Å². The zero-order chi connectivity index (χ0) is 12.8. The first kappa shape index (κ1) is 14.7. The first-order valence-electron chi connectivity index (χ1n) is 5.59. The zero-order valence-electron chi connectivity index (χ0n) is 10.7. The number of aliphatic imine (C=N–C) groups is 1. The maximum atomic E-state index is 11.0. The Labute approximate surface area is 97.7 Å². The largest absolute Gasteiger partial charge is 0.370 e. The highest BCUT2D eigenvalue weighted by Crippen LogP contribution is 2.13. The molecule has 0 heterocycles. The predicted molar refractivity (Wildman–Crippen MR) is 66.9 cm³/mol. The minimum Gasteiger partial charge on any atom is -0.370 e. The molecule has 0 saturated heterocycles. The van der Waals surface area contributed by atoms with Gasteiger partial charge in [-0.25, -0.2) is 0 Å². The van der Waals surface area contributed by atoms with E-state index in [9.17, 15) is 4.79 Å². The number of carbonyl (C=O) groups is 1. The predicted octanol–water partition coefficient (Wildman–Crippen LogP) is 0.448. The second-order valence-electron chi connectivity index (χ2n) is 5.06. The summed E-state index contributed by atoms with van der Waals surface area (Å²) in [5, 5.41) is 3.00. The summed E-state index contributed by atoms with van der Waals surface area (Å²) in [6.07, 6.45) is 1.04. The van der Waals surface area contributed by atoms with E-state index in [1.54, 1.807) is 13.8 Å². The molecular weight excluding hydrogens is 204 g/mol. The highest BCUT2D eigenvalue weighted by Gasteiger charge is 2.24. The number of primary amides is 1. The van der Waals surface area contributed by atoms with Gasteiger partial charge < -0.3 is 16.8 Å². The van der Waals surface area contributed by atoms with Crippen molar-refractivity contribution in [3.8, 4) is 0 Å². The lowest BCUT2D eigenvalue weighted by molar-refractivity contribution is -0.125. The fourth-order valence-corrected chi connectivity index (χ4v) is 0.906. The Morgan fingerprint density at radius 1 is 1.38 bits per heavy atom. The molecule has 0 fully saturated rings. The van der Waals surface area contributed by atoms with Crippen LogP contribution in [0.3, 0.4) is 0 Å². The van der Waals surface area contributed by atoms with E-state index >= 15 is 0 Å². The van der Waals surface area contributed by atoms with Gasteiger partial charge in [0.25, 0.3) is 0 Å². The minimum atomic E-state index is -0.648. The fraction of sp³-hybridized carbons (Fsp3) is 0.818. The molecule has 0 aromatic carbocycles. The molecular formula is C11H24N4O. The first-order valence-corrected chi connectivity index (χ1v) is 5.59. The van der Waals surface area contributed by atoms with Crippen LogP contribution in [0, 0.1) is 11.3 Å². The van der Waals surface area contributed by atoms with Gasteiger partial charge in [0, 0.05) is 6.54 Å². The van der Waals surface area contributed by atoms with E-state index in [2.05, 4.69) is 24.2 Å². The lowest BCUT2D eigenvalue weighted by Gasteiger charge is -2.17. The van der Waals surface area contributed by atoms with Crippen molar-refractivity contribution in [3.63, 3.8) is 0 Å². The number of nitrogens with zero attached hydrogens (tertiary/aromatic N) is 1. The molecule has 0 unspecified atom stereocenters. The van der Waals surface area contributed by atoms with E-state index in [1.165, 1.54) is 0 Å². The van der Waals surface area contributed by atoms with E-state index < -0.39 is 5.41 Å². The van der Waals surface area contributed by atoms with Crippen LogP contribution in [-0.2, 0) is 4.79 Å². The quantitative estimate of drug-likeness (QED) is 0.455. The Balaban J connectivity index is 4.00. The normalized spacial score (nSPS) is 12.9. The molecule has 0 radical (unpaired) electrons. The van der Waals surface area contributed by atoms with Crippen molar-refractivity contribution in [2.24, 2.45) is 27.8 Å². The first-order chi connectivity index (χ1) is 7.25. The molecule has 0 rings (SSSR count). The van der Waals surface area contributed by atoms with Crippen LogP contribution in [0.4, 0.5) is 0 Å². The average Bonchev–Trinajstić information content (AvgIpc) is 2.14. The number of carbonyl (C=O) groups excluding carboxylic acids is 1. The Kier molecular flexibility index (Phi) is 5.85. The Morgan fingerprint density at radius 2 is 1.94 bits per heavy atom. The molecule has 94 valence electrons. The zero-order valence-corrected chi connectivity index (χ0v) is 10.7. The van der Waals surface area contributed by atoms with Crippen molar-refractivity contribution in [1.29, 1.82) is 0 Å². The number of nitrogens with two attached hydrogens (primary N) is 2. The van der Waals surface area contributed by atoms with Crippen LogP contribution in [0.1, 0.15) is 34.1 Å². The third-order valence-corrected chi connectivity index (χ3v) is 2.34. The third kappa shape index (κ3) is 6.27. The fourth-order valence-electron chi connectivity index (χ4n) is 0.906. The molecule has 0 aliphatic rings. The Bertz CT molecular complexity index is 259. The van der Waals surface area contributed by atoms with Crippen molar-refractivity contribution >= 4 is 11.9 Å². The van der Waals surface area contributed by atoms with Gasteiger partial charge in [-0.3, -0.25) is 9.79 Å². The van der Waals surface area contributed by atoms with Crippen molar-refractivity contribution in [2.75, 3.05) is 13.1 Å². The Morgan fingerprint density at radius 3 is 2.38 bits per heavy atom. The van der Waals surface area contributed by atoms with Crippen molar-refractivity contribution < 1.29 is 4.79 Å². The average molecular weight is 228 g/mol. The van der Waals surface area contributed by atoms with Crippen LogP contribution < -0.4 is 16.8 Å². The van der Waals surface area contributed by atoms with Crippen molar-refractivity contribution in [2.45, 2.75) is 34.1 Å². The van der Waals surface area contributed by atoms with Crippen LogP contribution in [0.5, 0.6) is 0 Å². The monoisotopic (exact) mass is 228 g/mol. The topological polar surface area (TPSA) is 93.5 Å². The minimum absolute atomic E-state index is 0.308. The van der Waals surface area contributed by atoms with Crippen LogP contribution in [0.25, 0.3) is 0 Å². The van der Waals surface area contributed by atoms with E-state index in [4.69, 9.17) is 11.5 Å². The number of amides is 1. The van der Waals surface area contributed by atoms with Gasteiger partial charge in [0.15, 0.2) is 5.96 Å². The Hall–Kier alpha value is -1.26. The molecule has 0 aromatic heterocycles. The molecule has 5 nitrogen and oxygen atoms in total. The highest BCUT2D eigenvalue weighted by molar-refractivity contribution is 5.81. The van der Waals surface area contributed by atoms with Gasteiger partial charge in [0.1, 0.15) is 0 Å². The summed E-state index contributed by atoms with van der Waals surface area (Å²) in [5.74, 6) is 0.628. The molecule has 0 aliphatic heterocycles. The second-order valence-corrected chi connectivity index (χ2v) is 5.06. The molecule has 0 atom stereocenters. The number of rotatable bonds is 6. The molecule has 5 N–H and O–H groups in total. The summed E-state index contributed by atoms with van der Waals surface area (Å²) >= 11 is 0. The van der Waals surface area contributed by atoms with Crippen LogP contribution >= 0.6 is 0 Å². The highest BCUT2D eigenvalue weighted by atomic mass is 16.1. The lowest BCUT2D eigenvalue weighted by Crippen LogP contribution is -2.37. The van der Waals surface area contributed by atoms with Gasteiger partial charge in [0.2, 0.25) is 5.91 Å². The molecule has 0 aromatic rings. The molecule has 0 saturated carbocycles. The number of guanidine groups is 1. The van der Waals surface area contributed by atoms with E-state index in [1.807, 2.05) is 0 Å². The smallest absolute Gasteiger partial charge is 0.224 e. The van der Waals surface area contributed by atoms with Gasteiger partial charge in [-0.2, -0.15) is 0 Å². The molecule has 1 amide bonds. The van der Waals surface area contributed by atoms with Gasteiger partial charge in [0.05, 0.1) is 12.0 Å². The van der Waals surface area contributed by atoms with E-state index in [-0.39, 0.29) is 5.91 Å². The lowest BCUT2D eigenvalue weighted by atomic mass is 9.93. The number of hydrogen-bond donors (Lipinski definition) is 3. The maximum absolute atomic E-state index is 11.0. The van der Waals surface area contributed by atoms with Crippen LogP contribution in [0.15, 0.2) is 4.99 Å². The summed E-state index contributed by atoms with van der Waals surface area (Å²) < 4.78 is 0. The van der Waals surface area contributed by atoms with Crippen molar-refractivity contribution in [3.05, 3.63) is 0 Å². The summed E-state index contributed by atoms with van der Waals surface area (Å²) in [4.78, 5) is 15.1. The summed E-state index contributed by atoms with van der Waals surface area (Å²) in [6, 6.07) is 0. The molecule has 16 heavy (non-hydrogen) atoms.